The summed E-state index contributed by atoms with van der Waals surface area (Å²) in [4.78, 5) is 12.1. The van der Waals surface area contributed by atoms with Gasteiger partial charge < -0.3 is 15.8 Å². The molecule has 0 saturated carbocycles. The Morgan fingerprint density at radius 1 is 1.41 bits per heavy atom. The molecule has 17 heavy (non-hydrogen) atoms. The zero-order valence-corrected chi connectivity index (χ0v) is 10.8. The fourth-order valence-electron chi connectivity index (χ4n) is 1.45. The molecule has 0 aromatic heterocycles. The first-order chi connectivity index (χ1) is 7.85. The molecule has 0 aliphatic heterocycles. The highest BCUT2D eigenvalue weighted by atomic mass is 16.5. The van der Waals surface area contributed by atoms with Crippen LogP contribution in [-0.2, 0) is 0 Å². The molecule has 0 unspecified atom stereocenters. The Kier molecular flexibility index (Phi) is 3.99. The van der Waals surface area contributed by atoms with Gasteiger partial charge >= 0.3 is 0 Å². The van der Waals surface area contributed by atoms with Crippen LogP contribution in [0.2, 0.25) is 0 Å². The Morgan fingerprint density at radius 3 is 2.59 bits per heavy atom. The van der Waals surface area contributed by atoms with Gasteiger partial charge in [0.1, 0.15) is 0 Å². The van der Waals surface area contributed by atoms with Crippen molar-refractivity contribution in [2.24, 2.45) is 0 Å². The number of anilines is 1. The van der Waals surface area contributed by atoms with Crippen LogP contribution in [-0.4, -0.2) is 18.1 Å². The van der Waals surface area contributed by atoms with Gasteiger partial charge in [0.2, 0.25) is 0 Å². The van der Waals surface area contributed by atoms with Crippen LogP contribution in [0, 0.1) is 0 Å². The predicted octanol–water partition coefficient (Wildman–Crippen LogP) is 2.20. The zero-order valence-electron chi connectivity index (χ0n) is 10.8. The number of hydrogen-bond acceptors (Lipinski definition) is 3. The number of amides is 1. The minimum absolute atomic E-state index is 0.173. The SMILES string of the molecule is CCOc1c(N)cccc1C(=O)NC(C)(C)C. The lowest BCUT2D eigenvalue weighted by Crippen LogP contribution is -2.40. The topological polar surface area (TPSA) is 64.3 Å². The molecule has 94 valence electrons. The van der Waals surface area contributed by atoms with Gasteiger partial charge in [-0.25, -0.2) is 0 Å². The number of hydrogen-bond donors (Lipinski definition) is 2. The first-order valence-electron chi connectivity index (χ1n) is 5.69. The molecule has 0 aliphatic carbocycles. The van der Waals surface area contributed by atoms with Crippen LogP contribution in [0.15, 0.2) is 18.2 Å². The highest BCUT2D eigenvalue weighted by Gasteiger charge is 2.19. The van der Waals surface area contributed by atoms with E-state index >= 15 is 0 Å². The third-order valence-corrected chi connectivity index (χ3v) is 2.07. The smallest absolute Gasteiger partial charge is 0.255 e. The summed E-state index contributed by atoms with van der Waals surface area (Å²) in [6, 6.07) is 5.18. The van der Waals surface area contributed by atoms with Crippen molar-refractivity contribution in [1.82, 2.24) is 5.32 Å². The second-order valence-corrected chi connectivity index (χ2v) is 4.86. The van der Waals surface area contributed by atoms with Gasteiger partial charge in [-0.3, -0.25) is 4.79 Å². The summed E-state index contributed by atoms with van der Waals surface area (Å²) >= 11 is 0. The van der Waals surface area contributed by atoms with Crippen LogP contribution in [0.3, 0.4) is 0 Å². The summed E-state index contributed by atoms with van der Waals surface area (Å²) in [6.07, 6.45) is 0. The van der Waals surface area contributed by atoms with Crippen molar-refractivity contribution in [3.05, 3.63) is 23.8 Å². The number of para-hydroxylation sites is 1. The maximum absolute atomic E-state index is 12.1. The van der Waals surface area contributed by atoms with Crippen molar-refractivity contribution >= 4 is 11.6 Å². The summed E-state index contributed by atoms with van der Waals surface area (Å²) in [5.41, 5.74) is 6.47. The molecule has 4 nitrogen and oxygen atoms in total. The first kappa shape index (κ1) is 13.4. The number of benzene rings is 1. The van der Waals surface area contributed by atoms with Crippen LogP contribution in [0.5, 0.6) is 5.75 Å². The average molecular weight is 236 g/mol. The van der Waals surface area contributed by atoms with E-state index < -0.39 is 0 Å². The Hall–Kier alpha value is -1.71. The van der Waals surface area contributed by atoms with E-state index in [1.807, 2.05) is 27.7 Å². The van der Waals surface area contributed by atoms with Crippen molar-refractivity contribution in [1.29, 1.82) is 0 Å². The molecule has 1 amide bonds. The predicted molar refractivity (Wildman–Crippen MR) is 69.2 cm³/mol. The fourth-order valence-corrected chi connectivity index (χ4v) is 1.45. The molecular weight excluding hydrogens is 216 g/mol. The van der Waals surface area contributed by atoms with E-state index in [9.17, 15) is 4.79 Å². The van der Waals surface area contributed by atoms with Crippen LogP contribution < -0.4 is 15.8 Å². The molecule has 1 rings (SSSR count). The molecule has 3 N–H and O–H groups in total. The second-order valence-electron chi connectivity index (χ2n) is 4.86. The monoisotopic (exact) mass is 236 g/mol. The number of nitrogens with two attached hydrogens (primary N) is 1. The number of ether oxygens (including phenoxy) is 1. The fraction of sp³-hybridized carbons (Fsp3) is 0.462. The van der Waals surface area contributed by atoms with Crippen molar-refractivity contribution in [2.75, 3.05) is 12.3 Å². The van der Waals surface area contributed by atoms with Crippen LogP contribution in [0.4, 0.5) is 5.69 Å². The highest BCUT2D eigenvalue weighted by Crippen LogP contribution is 2.26. The lowest BCUT2D eigenvalue weighted by Gasteiger charge is -2.21. The molecule has 0 bridgehead atoms. The Morgan fingerprint density at radius 2 is 2.06 bits per heavy atom. The van der Waals surface area contributed by atoms with E-state index in [0.717, 1.165) is 0 Å². The molecule has 1 aromatic rings. The third-order valence-electron chi connectivity index (χ3n) is 2.07. The van der Waals surface area contributed by atoms with Crippen LogP contribution in [0.25, 0.3) is 0 Å². The van der Waals surface area contributed by atoms with E-state index in [-0.39, 0.29) is 11.4 Å². The van der Waals surface area contributed by atoms with Gasteiger partial charge in [-0.1, -0.05) is 6.07 Å². The number of carbonyl (C=O) groups is 1. The standard InChI is InChI=1S/C13H20N2O2/c1-5-17-11-9(7-6-8-10(11)14)12(16)15-13(2,3)4/h6-8H,5,14H2,1-4H3,(H,15,16). The second kappa shape index (κ2) is 5.08. The van der Waals surface area contributed by atoms with Gasteiger partial charge in [0.05, 0.1) is 17.9 Å². The van der Waals surface area contributed by atoms with E-state index in [0.29, 0.717) is 23.6 Å². The normalized spacial score (nSPS) is 11.1. The maximum Gasteiger partial charge on any atom is 0.255 e. The van der Waals surface area contributed by atoms with Gasteiger partial charge in [-0.05, 0) is 39.8 Å². The number of rotatable bonds is 3. The number of nitrogen functional groups attached to an aromatic ring is 1. The molecule has 0 fully saturated rings. The van der Waals surface area contributed by atoms with Crippen molar-refractivity contribution in [3.63, 3.8) is 0 Å². The molecule has 0 radical (unpaired) electrons. The Bertz CT molecular complexity index is 408. The molecule has 1 aromatic carbocycles. The van der Waals surface area contributed by atoms with Gasteiger partial charge in [0.25, 0.3) is 5.91 Å². The quantitative estimate of drug-likeness (QED) is 0.791. The lowest BCUT2D eigenvalue weighted by molar-refractivity contribution is 0.0916. The minimum atomic E-state index is -0.287. The number of carbonyl (C=O) groups excluding carboxylic acids is 1. The van der Waals surface area contributed by atoms with Gasteiger partial charge in [0.15, 0.2) is 5.75 Å². The summed E-state index contributed by atoms with van der Waals surface area (Å²) < 4.78 is 5.42. The summed E-state index contributed by atoms with van der Waals surface area (Å²) in [5, 5.41) is 2.89. The van der Waals surface area contributed by atoms with Gasteiger partial charge in [-0.15, -0.1) is 0 Å². The van der Waals surface area contributed by atoms with E-state index in [2.05, 4.69) is 5.32 Å². The summed E-state index contributed by atoms with van der Waals surface area (Å²) in [5.74, 6) is 0.282. The maximum atomic E-state index is 12.1. The Labute approximate surface area is 102 Å². The summed E-state index contributed by atoms with van der Waals surface area (Å²) in [7, 11) is 0. The molecule has 0 spiro atoms. The molecule has 4 heteroatoms. The first-order valence-corrected chi connectivity index (χ1v) is 5.69. The lowest BCUT2D eigenvalue weighted by atomic mass is 10.1. The average Bonchev–Trinajstić information content (AvgIpc) is 2.18. The largest absolute Gasteiger partial charge is 0.491 e. The minimum Gasteiger partial charge on any atom is -0.491 e. The Balaban J connectivity index is 3.04. The molecule has 0 saturated heterocycles. The van der Waals surface area contributed by atoms with Crippen molar-refractivity contribution in [2.45, 2.75) is 33.2 Å². The van der Waals surface area contributed by atoms with Gasteiger partial charge in [-0.2, -0.15) is 0 Å². The van der Waals surface area contributed by atoms with Crippen LogP contribution in [0.1, 0.15) is 38.1 Å². The molecule has 0 aliphatic rings. The zero-order chi connectivity index (χ0) is 13.1. The molecule has 0 heterocycles. The number of nitrogens with one attached hydrogen (secondary N) is 1. The van der Waals surface area contributed by atoms with Gasteiger partial charge in [0, 0.05) is 5.54 Å². The van der Waals surface area contributed by atoms with E-state index in [1.54, 1.807) is 18.2 Å². The van der Waals surface area contributed by atoms with Crippen LogP contribution >= 0.6 is 0 Å². The third kappa shape index (κ3) is 3.66. The van der Waals surface area contributed by atoms with Crippen molar-refractivity contribution in [3.8, 4) is 5.75 Å². The van der Waals surface area contributed by atoms with E-state index in [1.165, 1.54) is 0 Å². The van der Waals surface area contributed by atoms with E-state index in [4.69, 9.17) is 10.5 Å². The molecular formula is C13H20N2O2. The van der Waals surface area contributed by atoms with Crippen molar-refractivity contribution < 1.29 is 9.53 Å². The molecule has 0 atom stereocenters. The highest BCUT2D eigenvalue weighted by molar-refractivity contribution is 5.99. The summed E-state index contributed by atoms with van der Waals surface area (Å²) in [6.45, 7) is 8.12.